The Kier molecular flexibility index (Phi) is 2.82. The van der Waals surface area contributed by atoms with Gasteiger partial charge in [0.2, 0.25) is 0 Å². The van der Waals surface area contributed by atoms with Crippen LogP contribution in [0.4, 0.5) is 14.5 Å². The van der Waals surface area contributed by atoms with Crippen molar-refractivity contribution in [2.24, 2.45) is 0 Å². The van der Waals surface area contributed by atoms with E-state index in [0.717, 1.165) is 12.1 Å². The highest BCUT2D eigenvalue weighted by atomic mass is 19.1. The second-order valence-electron chi connectivity index (χ2n) is 3.43. The monoisotopic (exact) mass is 235 g/mol. The second kappa shape index (κ2) is 4.29. The molecule has 2 aromatic rings. The topological polar surface area (TPSA) is 43.1 Å². The number of halogens is 2. The number of nitro benzene ring substituents is 1. The van der Waals surface area contributed by atoms with Crippen LogP contribution in [0.2, 0.25) is 0 Å². The van der Waals surface area contributed by atoms with Crippen molar-refractivity contribution in [3.63, 3.8) is 0 Å². The summed E-state index contributed by atoms with van der Waals surface area (Å²) in [6, 6.07) is 8.57. The summed E-state index contributed by atoms with van der Waals surface area (Å²) >= 11 is 0. The van der Waals surface area contributed by atoms with E-state index in [1.54, 1.807) is 0 Å². The van der Waals surface area contributed by atoms with E-state index in [0.29, 0.717) is 5.56 Å². The largest absolute Gasteiger partial charge is 0.280 e. The zero-order chi connectivity index (χ0) is 12.4. The van der Waals surface area contributed by atoms with Crippen LogP contribution in [-0.4, -0.2) is 4.92 Å². The maximum Gasteiger partial charge on any atom is 0.280 e. The van der Waals surface area contributed by atoms with Gasteiger partial charge in [-0.3, -0.25) is 10.1 Å². The average molecular weight is 235 g/mol. The number of nitrogens with zero attached hydrogens (tertiary/aromatic N) is 1. The van der Waals surface area contributed by atoms with Gasteiger partial charge in [-0.2, -0.15) is 0 Å². The highest BCUT2D eigenvalue weighted by molar-refractivity contribution is 5.73. The Morgan fingerprint density at radius 1 is 1.00 bits per heavy atom. The summed E-state index contributed by atoms with van der Waals surface area (Å²) in [4.78, 5) is 10.1. The lowest BCUT2D eigenvalue weighted by Crippen LogP contribution is -1.93. The summed E-state index contributed by atoms with van der Waals surface area (Å²) in [6.07, 6.45) is 0. The lowest BCUT2D eigenvalue weighted by Gasteiger charge is -2.03. The van der Waals surface area contributed by atoms with Crippen molar-refractivity contribution in [1.82, 2.24) is 0 Å². The van der Waals surface area contributed by atoms with Crippen molar-refractivity contribution in [1.29, 1.82) is 0 Å². The third-order valence-corrected chi connectivity index (χ3v) is 2.29. The molecule has 0 saturated heterocycles. The van der Waals surface area contributed by atoms with Gasteiger partial charge in [-0.1, -0.05) is 12.1 Å². The Morgan fingerprint density at radius 3 is 2.35 bits per heavy atom. The van der Waals surface area contributed by atoms with Crippen molar-refractivity contribution < 1.29 is 13.7 Å². The van der Waals surface area contributed by atoms with Crippen LogP contribution in [0.5, 0.6) is 0 Å². The molecule has 0 heterocycles. The summed E-state index contributed by atoms with van der Waals surface area (Å²) in [6.45, 7) is 0. The molecule has 17 heavy (non-hydrogen) atoms. The molecule has 0 amide bonds. The van der Waals surface area contributed by atoms with Gasteiger partial charge in [0, 0.05) is 0 Å². The quantitative estimate of drug-likeness (QED) is 0.590. The van der Waals surface area contributed by atoms with E-state index in [1.165, 1.54) is 30.3 Å². The predicted molar refractivity (Wildman–Crippen MR) is 58.4 cm³/mol. The molecule has 3 nitrogen and oxygen atoms in total. The molecule has 0 aliphatic rings. The SMILES string of the molecule is O=[N+]([O-])c1cc(F)ccc1-c1cccc(F)c1. The fourth-order valence-electron chi connectivity index (χ4n) is 1.56. The number of benzene rings is 2. The molecule has 0 radical (unpaired) electrons. The van der Waals surface area contributed by atoms with Crippen LogP contribution >= 0.6 is 0 Å². The van der Waals surface area contributed by atoms with Crippen LogP contribution in [0.15, 0.2) is 42.5 Å². The molecule has 0 N–H and O–H groups in total. The van der Waals surface area contributed by atoms with E-state index >= 15 is 0 Å². The Bertz CT molecular complexity index is 584. The molecule has 0 aromatic heterocycles. The molecular weight excluding hydrogens is 228 g/mol. The van der Waals surface area contributed by atoms with Crippen molar-refractivity contribution in [2.75, 3.05) is 0 Å². The maximum atomic E-state index is 13.0. The van der Waals surface area contributed by atoms with E-state index in [1.807, 2.05) is 0 Å². The number of rotatable bonds is 2. The van der Waals surface area contributed by atoms with E-state index in [4.69, 9.17) is 0 Å². The van der Waals surface area contributed by atoms with Crippen LogP contribution in [0.1, 0.15) is 0 Å². The summed E-state index contributed by atoms with van der Waals surface area (Å²) < 4.78 is 25.9. The summed E-state index contributed by atoms with van der Waals surface area (Å²) in [5, 5.41) is 10.8. The Labute approximate surface area is 95.5 Å². The fraction of sp³-hybridized carbons (Fsp3) is 0. The standard InChI is InChI=1S/C12H7F2NO2/c13-9-3-1-2-8(6-9)11-5-4-10(14)7-12(11)15(16)17/h1-7H. The molecular formula is C12H7F2NO2. The van der Waals surface area contributed by atoms with Gasteiger partial charge < -0.3 is 0 Å². The normalized spacial score (nSPS) is 10.2. The van der Waals surface area contributed by atoms with Gasteiger partial charge in [0.1, 0.15) is 11.6 Å². The zero-order valence-electron chi connectivity index (χ0n) is 8.56. The third-order valence-electron chi connectivity index (χ3n) is 2.29. The van der Waals surface area contributed by atoms with Gasteiger partial charge >= 0.3 is 0 Å². The second-order valence-corrected chi connectivity index (χ2v) is 3.43. The van der Waals surface area contributed by atoms with Crippen LogP contribution < -0.4 is 0 Å². The minimum absolute atomic E-state index is 0.191. The molecule has 0 unspecified atom stereocenters. The Balaban J connectivity index is 2.63. The van der Waals surface area contributed by atoms with Crippen LogP contribution in [0.25, 0.3) is 11.1 Å². The lowest BCUT2D eigenvalue weighted by molar-refractivity contribution is -0.384. The summed E-state index contributed by atoms with van der Waals surface area (Å²) in [5.74, 6) is -1.20. The first-order valence-electron chi connectivity index (χ1n) is 4.78. The Hall–Kier alpha value is -2.30. The van der Waals surface area contributed by atoms with Crippen molar-refractivity contribution in [2.45, 2.75) is 0 Å². The maximum absolute atomic E-state index is 13.0. The van der Waals surface area contributed by atoms with Crippen molar-refractivity contribution in [3.8, 4) is 11.1 Å². The first-order valence-corrected chi connectivity index (χ1v) is 4.78. The van der Waals surface area contributed by atoms with Gasteiger partial charge in [0.25, 0.3) is 5.69 Å². The minimum Gasteiger partial charge on any atom is -0.258 e. The molecule has 86 valence electrons. The first-order chi connectivity index (χ1) is 8.08. The van der Waals surface area contributed by atoms with Crippen molar-refractivity contribution >= 4 is 5.69 Å². The molecule has 5 heteroatoms. The van der Waals surface area contributed by atoms with Gasteiger partial charge in [-0.25, -0.2) is 8.78 Å². The smallest absolute Gasteiger partial charge is 0.258 e. The molecule has 0 aliphatic carbocycles. The zero-order valence-corrected chi connectivity index (χ0v) is 8.56. The number of hydrogen-bond acceptors (Lipinski definition) is 2. The highest BCUT2D eigenvalue weighted by Crippen LogP contribution is 2.30. The molecule has 0 aliphatic heterocycles. The van der Waals surface area contributed by atoms with Crippen LogP contribution in [-0.2, 0) is 0 Å². The van der Waals surface area contributed by atoms with E-state index < -0.39 is 16.6 Å². The molecule has 0 saturated carbocycles. The predicted octanol–water partition coefficient (Wildman–Crippen LogP) is 3.54. The van der Waals surface area contributed by atoms with Gasteiger partial charge in [-0.15, -0.1) is 0 Å². The third kappa shape index (κ3) is 2.28. The molecule has 0 fully saturated rings. The lowest BCUT2D eigenvalue weighted by atomic mass is 10.0. The molecule has 2 aromatic carbocycles. The van der Waals surface area contributed by atoms with Gasteiger partial charge in [0.05, 0.1) is 16.6 Å². The van der Waals surface area contributed by atoms with Gasteiger partial charge in [0.15, 0.2) is 0 Å². The van der Waals surface area contributed by atoms with E-state index in [2.05, 4.69) is 0 Å². The minimum atomic E-state index is -0.697. The molecule has 0 spiro atoms. The number of hydrogen-bond donors (Lipinski definition) is 0. The molecule has 2 rings (SSSR count). The summed E-state index contributed by atoms with van der Waals surface area (Å²) in [7, 11) is 0. The Morgan fingerprint density at radius 2 is 1.71 bits per heavy atom. The fourth-order valence-corrected chi connectivity index (χ4v) is 1.56. The number of nitro groups is 1. The van der Waals surface area contributed by atoms with Crippen LogP contribution in [0, 0.1) is 21.7 Å². The van der Waals surface area contributed by atoms with E-state index in [9.17, 15) is 18.9 Å². The summed E-state index contributed by atoms with van der Waals surface area (Å²) in [5.41, 5.74) is 0.156. The first kappa shape index (κ1) is 11.2. The van der Waals surface area contributed by atoms with Gasteiger partial charge in [-0.05, 0) is 29.8 Å². The van der Waals surface area contributed by atoms with E-state index in [-0.39, 0.29) is 11.3 Å². The average Bonchev–Trinajstić information content (AvgIpc) is 2.28. The highest BCUT2D eigenvalue weighted by Gasteiger charge is 2.16. The molecule has 0 atom stereocenters. The van der Waals surface area contributed by atoms with Crippen molar-refractivity contribution in [3.05, 3.63) is 64.2 Å². The molecule has 0 bridgehead atoms. The van der Waals surface area contributed by atoms with Crippen LogP contribution in [0.3, 0.4) is 0 Å².